The van der Waals surface area contributed by atoms with Crippen molar-refractivity contribution >= 4 is 82.9 Å². The molecule has 0 spiro atoms. The lowest BCUT2D eigenvalue weighted by Crippen LogP contribution is -2.09. The minimum atomic E-state index is 0.579. The molecule has 4 heterocycles. The van der Waals surface area contributed by atoms with E-state index in [-0.39, 0.29) is 0 Å². The van der Waals surface area contributed by atoms with Gasteiger partial charge in [-0.05, 0) is 89.0 Å². The molecule has 0 unspecified atom stereocenters. The van der Waals surface area contributed by atoms with Crippen molar-refractivity contribution in [1.82, 2.24) is 15.0 Å². The van der Waals surface area contributed by atoms with Gasteiger partial charge in [-0.2, -0.15) is 0 Å². The fourth-order valence-electron chi connectivity index (χ4n) is 10.9. The van der Waals surface area contributed by atoms with Gasteiger partial charge >= 0.3 is 0 Å². The predicted molar refractivity (Wildman–Crippen MR) is 309 cm³/mol. The van der Waals surface area contributed by atoms with Crippen LogP contribution in [0.25, 0.3) is 133 Å². The van der Waals surface area contributed by atoms with Crippen LogP contribution in [0.15, 0.2) is 268 Å². The Kier molecular flexibility index (Phi) is 10.1. The molecule has 15 rings (SSSR count). The summed E-state index contributed by atoms with van der Waals surface area (Å²) >= 11 is 0. The second-order valence-corrected chi connectivity index (χ2v) is 19.1. The second-order valence-electron chi connectivity index (χ2n) is 19.1. The Morgan fingerprint density at radius 1 is 0.250 bits per heavy atom. The molecule has 0 N–H and O–H groups in total. The standard InChI is InChI=1S/C69H42N4O3/c1-3-14-46(15-4-1)67-70-68(47-16-5-2-6-17-47)72-69(71-67)58-24-13-27-63-64(58)59-42-48(34-41-62(59)74-63)43-28-35-49(36-29-43)73(50-37-30-44(31-38-50)52-20-11-22-56-54-18-7-9-25-60(54)75-65(52)56)51-39-32-45(33-40-51)53-21-12-23-57-55-19-8-10-26-61(55)76-66(53)57/h1-42H. The summed E-state index contributed by atoms with van der Waals surface area (Å²) in [5, 5.41) is 6.37. The summed E-state index contributed by atoms with van der Waals surface area (Å²) in [5.74, 6) is 1.79. The van der Waals surface area contributed by atoms with E-state index in [2.05, 4.69) is 163 Å². The van der Waals surface area contributed by atoms with Crippen molar-refractivity contribution in [3.8, 4) is 67.5 Å². The van der Waals surface area contributed by atoms with Crippen molar-refractivity contribution in [1.29, 1.82) is 0 Å². The Balaban J connectivity index is 0.818. The first-order valence-electron chi connectivity index (χ1n) is 25.4. The van der Waals surface area contributed by atoms with Crippen LogP contribution in [-0.4, -0.2) is 15.0 Å². The van der Waals surface area contributed by atoms with Gasteiger partial charge in [-0.3, -0.25) is 0 Å². The van der Waals surface area contributed by atoms with Crippen molar-refractivity contribution in [3.63, 3.8) is 0 Å². The summed E-state index contributed by atoms with van der Waals surface area (Å²) < 4.78 is 19.5. The molecule has 76 heavy (non-hydrogen) atoms. The molecule has 15 aromatic rings. The van der Waals surface area contributed by atoms with Crippen molar-refractivity contribution in [2.24, 2.45) is 0 Å². The summed E-state index contributed by atoms with van der Waals surface area (Å²) in [6.07, 6.45) is 0. The molecule has 0 saturated heterocycles. The van der Waals surface area contributed by atoms with Crippen LogP contribution < -0.4 is 4.90 Å². The Morgan fingerprint density at radius 3 is 1.20 bits per heavy atom. The molecule has 7 nitrogen and oxygen atoms in total. The predicted octanol–water partition coefficient (Wildman–Crippen LogP) is 19.0. The Bertz CT molecular complexity index is 4460. The lowest BCUT2D eigenvalue weighted by atomic mass is 9.99. The molecular weight excluding hydrogens is 933 g/mol. The number of fused-ring (bicyclic) bond motifs is 9. The number of benzene rings is 11. The van der Waals surface area contributed by atoms with E-state index in [4.69, 9.17) is 28.2 Å². The average Bonchev–Trinajstić information content (AvgIpc) is 4.23. The molecule has 7 heteroatoms. The maximum absolute atomic E-state index is 6.54. The van der Waals surface area contributed by atoms with Crippen LogP contribution in [-0.2, 0) is 0 Å². The van der Waals surface area contributed by atoms with Gasteiger partial charge in [0, 0.05) is 77.2 Å². The smallest absolute Gasteiger partial charge is 0.164 e. The van der Waals surface area contributed by atoms with E-state index >= 15 is 0 Å². The molecule has 0 saturated carbocycles. The number of rotatable bonds is 9. The monoisotopic (exact) mass is 974 g/mol. The average molecular weight is 975 g/mol. The molecule has 0 aliphatic heterocycles. The highest BCUT2D eigenvalue weighted by atomic mass is 16.3. The first-order chi connectivity index (χ1) is 37.6. The highest BCUT2D eigenvalue weighted by Gasteiger charge is 2.21. The topological polar surface area (TPSA) is 81.3 Å². The molecule has 11 aromatic carbocycles. The van der Waals surface area contributed by atoms with Gasteiger partial charge in [-0.1, -0.05) is 188 Å². The van der Waals surface area contributed by atoms with Crippen molar-refractivity contribution in [2.45, 2.75) is 0 Å². The molecule has 356 valence electrons. The first-order valence-corrected chi connectivity index (χ1v) is 25.4. The van der Waals surface area contributed by atoms with Crippen LogP contribution >= 0.6 is 0 Å². The molecule has 0 aliphatic rings. The fraction of sp³-hybridized carbons (Fsp3) is 0. The van der Waals surface area contributed by atoms with Gasteiger partial charge in [0.2, 0.25) is 0 Å². The second kappa shape index (κ2) is 17.7. The third kappa shape index (κ3) is 7.32. The van der Waals surface area contributed by atoms with Gasteiger partial charge < -0.3 is 18.2 Å². The lowest BCUT2D eigenvalue weighted by molar-refractivity contribution is 0.669. The Labute approximate surface area is 436 Å². The highest BCUT2D eigenvalue weighted by molar-refractivity contribution is 6.13. The quantitative estimate of drug-likeness (QED) is 0.142. The van der Waals surface area contributed by atoms with E-state index in [0.717, 1.165) is 133 Å². The first kappa shape index (κ1) is 43.2. The summed E-state index contributed by atoms with van der Waals surface area (Å²) in [5.41, 5.74) is 17.2. The number of furan rings is 3. The van der Waals surface area contributed by atoms with Crippen LogP contribution in [0.1, 0.15) is 0 Å². The maximum Gasteiger partial charge on any atom is 0.164 e. The summed E-state index contributed by atoms with van der Waals surface area (Å²) in [7, 11) is 0. The SMILES string of the molecule is c1ccc(-c2nc(-c3ccccc3)nc(-c3cccc4oc5ccc(-c6ccc(N(c7ccc(-c8cccc9c8oc8ccccc89)cc7)c7ccc(-c8cccc9c8oc8ccccc89)cc7)cc6)cc5c34)n2)cc1. The van der Waals surface area contributed by atoms with Crippen molar-refractivity contribution < 1.29 is 13.3 Å². The van der Waals surface area contributed by atoms with Gasteiger partial charge in [0.25, 0.3) is 0 Å². The number of anilines is 3. The molecule has 0 atom stereocenters. The number of hydrogen-bond donors (Lipinski definition) is 0. The van der Waals surface area contributed by atoms with Crippen molar-refractivity contribution in [3.05, 3.63) is 255 Å². The normalized spacial score (nSPS) is 11.7. The molecule has 4 aromatic heterocycles. The summed E-state index contributed by atoms with van der Waals surface area (Å²) in [6, 6.07) is 88.2. The van der Waals surface area contributed by atoms with Crippen molar-refractivity contribution in [2.75, 3.05) is 4.90 Å². The van der Waals surface area contributed by atoms with Gasteiger partial charge in [0.15, 0.2) is 17.5 Å². The van der Waals surface area contributed by atoms with E-state index < -0.39 is 0 Å². The zero-order chi connectivity index (χ0) is 50.1. The zero-order valence-corrected chi connectivity index (χ0v) is 40.8. The van der Waals surface area contributed by atoms with E-state index in [1.165, 1.54) is 0 Å². The van der Waals surface area contributed by atoms with E-state index in [9.17, 15) is 0 Å². The largest absolute Gasteiger partial charge is 0.456 e. The van der Waals surface area contributed by atoms with E-state index in [1.807, 2.05) is 97.1 Å². The number of hydrogen-bond acceptors (Lipinski definition) is 7. The van der Waals surface area contributed by atoms with Crippen LogP contribution in [0.3, 0.4) is 0 Å². The Morgan fingerprint density at radius 2 is 0.658 bits per heavy atom. The third-order valence-electron chi connectivity index (χ3n) is 14.6. The van der Waals surface area contributed by atoms with Crippen LogP contribution in [0.5, 0.6) is 0 Å². The van der Waals surface area contributed by atoms with Crippen LogP contribution in [0.2, 0.25) is 0 Å². The third-order valence-corrected chi connectivity index (χ3v) is 14.6. The minimum Gasteiger partial charge on any atom is -0.456 e. The lowest BCUT2D eigenvalue weighted by Gasteiger charge is -2.26. The van der Waals surface area contributed by atoms with Gasteiger partial charge in [0.1, 0.15) is 33.5 Å². The maximum atomic E-state index is 6.54. The summed E-state index contributed by atoms with van der Waals surface area (Å²) in [6.45, 7) is 0. The fourth-order valence-corrected chi connectivity index (χ4v) is 10.9. The molecule has 0 radical (unpaired) electrons. The minimum absolute atomic E-state index is 0.579. The Hall–Kier alpha value is -10.4. The molecular formula is C69H42N4O3. The van der Waals surface area contributed by atoms with E-state index in [1.54, 1.807) is 0 Å². The van der Waals surface area contributed by atoms with Crippen LogP contribution in [0, 0.1) is 0 Å². The molecule has 0 amide bonds. The molecule has 0 aliphatic carbocycles. The molecule has 0 fully saturated rings. The van der Waals surface area contributed by atoms with Crippen LogP contribution in [0.4, 0.5) is 17.1 Å². The number of para-hydroxylation sites is 4. The molecule has 0 bridgehead atoms. The highest BCUT2D eigenvalue weighted by Crippen LogP contribution is 2.43. The van der Waals surface area contributed by atoms with Gasteiger partial charge in [0.05, 0.1) is 0 Å². The number of nitrogens with zero attached hydrogens (tertiary/aromatic N) is 4. The van der Waals surface area contributed by atoms with E-state index in [0.29, 0.717) is 17.5 Å². The number of aromatic nitrogens is 3. The van der Waals surface area contributed by atoms with Gasteiger partial charge in [-0.25, -0.2) is 15.0 Å². The summed E-state index contributed by atoms with van der Waals surface area (Å²) in [4.78, 5) is 17.5. The zero-order valence-electron chi connectivity index (χ0n) is 40.8. The van der Waals surface area contributed by atoms with Gasteiger partial charge in [-0.15, -0.1) is 0 Å².